The molecule has 4 rings (SSSR count). The number of nitrogens with zero attached hydrogens (tertiary/aromatic N) is 2. The summed E-state index contributed by atoms with van der Waals surface area (Å²) in [6.45, 7) is 3.53. The van der Waals surface area contributed by atoms with Crippen molar-refractivity contribution in [2.75, 3.05) is 18.1 Å². The molecule has 99 valence electrons. The van der Waals surface area contributed by atoms with E-state index in [1.54, 1.807) is 6.33 Å². The molecule has 1 aromatic carbocycles. The van der Waals surface area contributed by atoms with Gasteiger partial charge in [-0.25, -0.2) is 4.98 Å². The van der Waals surface area contributed by atoms with Crippen molar-refractivity contribution < 1.29 is 4.74 Å². The Kier molecular flexibility index (Phi) is 2.89. The SMILES string of the molecule is [CH]1CN(c2ccc3[nH]cnc3c2)C(SC2CC2)CO1. The molecule has 19 heavy (non-hydrogen) atoms. The zero-order valence-corrected chi connectivity index (χ0v) is 11.4. The fourth-order valence-corrected chi connectivity index (χ4v) is 3.76. The van der Waals surface area contributed by atoms with Crippen LogP contribution in [0.25, 0.3) is 11.0 Å². The Morgan fingerprint density at radius 3 is 3.21 bits per heavy atom. The number of hydrogen-bond donors (Lipinski definition) is 1. The van der Waals surface area contributed by atoms with E-state index in [4.69, 9.17) is 4.74 Å². The molecule has 1 radical (unpaired) electrons. The van der Waals surface area contributed by atoms with Crippen LogP contribution >= 0.6 is 11.8 Å². The monoisotopic (exact) mass is 274 g/mol. The molecular formula is C14H16N3OS. The first kappa shape index (κ1) is 11.6. The molecule has 2 aliphatic rings. The number of fused-ring (bicyclic) bond motifs is 1. The summed E-state index contributed by atoms with van der Waals surface area (Å²) in [7, 11) is 0. The second kappa shape index (κ2) is 4.72. The predicted octanol–water partition coefficient (Wildman–Crippen LogP) is 2.78. The van der Waals surface area contributed by atoms with E-state index in [1.165, 1.54) is 18.5 Å². The Morgan fingerprint density at radius 1 is 1.37 bits per heavy atom. The van der Waals surface area contributed by atoms with Crippen LogP contribution in [0.5, 0.6) is 0 Å². The van der Waals surface area contributed by atoms with Gasteiger partial charge in [-0.1, -0.05) is 0 Å². The highest BCUT2D eigenvalue weighted by molar-refractivity contribution is 8.00. The molecule has 1 atom stereocenters. The molecule has 1 saturated heterocycles. The summed E-state index contributed by atoms with van der Waals surface area (Å²) in [5, 5.41) is 1.26. The van der Waals surface area contributed by atoms with Crippen molar-refractivity contribution in [1.29, 1.82) is 0 Å². The van der Waals surface area contributed by atoms with Crippen molar-refractivity contribution in [2.24, 2.45) is 0 Å². The lowest BCUT2D eigenvalue weighted by molar-refractivity contribution is 0.172. The molecular weight excluding hydrogens is 258 g/mol. The fraction of sp³-hybridized carbons (Fsp3) is 0.429. The van der Waals surface area contributed by atoms with Gasteiger partial charge in [0, 0.05) is 17.5 Å². The van der Waals surface area contributed by atoms with E-state index in [0.29, 0.717) is 5.37 Å². The van der Waals surface area contributed by atoms with E-state index in [0.717, 1.165) is 29.4 Å². The number of thioether (sulfide) groups is 1. The molecule has 1 aromatic heterocycles. The van der Waals surface area contributed by atoms with E-state index in [1.807, 2.05) is 18.4 Å². The van der Waals surface area contributed by atoms with Gasteiger partial charge in [0.25, 0.3) is 0 Å². The topological polar surface area (TPSA) is 41.2 Å². The van der Waals surface area contributed by atoms with Gasteiger partial charge < -0.3 is 14.6 Å². The number of morpholine rings is 1. The van der Waals surface area contributed by atoms with Gasteiger partial charge in [0.05, 0.1) is 29.3 Å². The van der Waals surface area contributed by atoms with Gasteiger partial charge in [0.2, 0.25) is 0 Å². The van der Waals surface area contributed by atoms with E-state index >= 15 is 0 Å². The summed E-state index contributed by atoms with van der Waals surface area (Å²) >= 11 is 2.05. The summed E-state index contributed by atoms with van der Waals surface area (Å²) in [5.41, 5.74) is 3.35. The third kappa shape index (κ3) is 2.32. The quantitative estimate of drug-likeness (QED) is 0.934. The lowest BCUT2D eigenvalue weighted by Crippen LogP contribution is -2.42. The molecule has 1 saturated carbocycles. The molecule has 2 fully saturated rings. The van der Waals surface area contributed by atoms with Gasteiger partial charge >= 0.3 is 0 Å². The molecule has 1 aliphatic carbocycles. The van der Waals surface area contributed by atoms with Crippen LogP contribution in [0.2, 0.25) is 0 Å². The number of imidazole rings is 1. The van der Waals surface area contributed by atoms with Crippen molar-refractivity contribution in [1.82, 2.24) is 9.97 Å². The Bertz CT molecular complexity index is 581. The predicted molar refractivity (Wildman–Crippen MR) is 78.1 cm³/mol. The van der Waals surface area contributed by atoms with Crippen LogP contribution in [-0.4, -0.2) is 33.7 Å². The first-order chi connectivity index (χ1) is 9.40. The van der Waals surface area contributed by atoms with E-state index in [2.05, 4.69) is 33.1 Å². The molecule has 2 heterocycles. The maximum absolute atomic E-state index is 5.53. The van der Waals surface area contributed by atoms with E-state index in [-0.39, 0.29) is 0 Å². The van der Waals surface area contributed by atoms with Crippen molar-refractivity contribution in [3.05, 3.63) is 31.1 Å². The minimum atomic E-state index is 0.425. The molecule has 0 bridgehead atoms. The summed E-state index contributed by atoms with van der Waals surface area (Å²) in [5.74, 6) is 0. The van der Waals surface area contributed by atoms with E-state index < -0.39 is 0 Å². The highest BCUT2D eigenvalue weighted by Crippen LogP contribution is 2.40. The molecule has 5 heteroatoms. The van der Waals surface area contributed by atoms with Gasteiger partial charge in [-0.05, 0) is 31.0 Å². The normalized spacial score (nSPS) is 24.0. The van der Waals surface area contributed by atoms with Gasteiger partial charge in [-0.15, -0.1) is 11.8 Å². The number of rotatable bonds is 3. The van der Waals surface area contributed by atoms with Crippen LogP contribution in [0.4, 0.5) is 5.69 Å². The van der Waals surface area contributed by atoms with Crippen molar-refractivity contribution in [3.8, 4) is 0 Å². The number of anilines is 1. The van der Waals surface area contributed by atoms with Crippen molar-refractivity contribution in [3.63, 3.8) is 0 Å². The standard InChI is InChI=1S/C14H16N3OS/c1-4-12-13(16-9-15-12)7-10(1)17-5-6-18-8-14(17)19-11-2-3-11/h1,4,6-7,9,11,14H,2-3,5,8H2,(H,15,16). The Balaban J connectivity index is 1.62. The summed E-state index contributed by atoms with van der Waals surface area (Å²) in [4.78, 5) is 9.90. The molecule has 1 aliphatic heterocycles. The smallest absolute Gasteiger partial charge is 0.103 e. The molecule has 0 amide bonds. The molecule has 1 N–H and O–H groups in total. The first-order valence-electron chi connectivity index (χ1n) is 6.69. The lowest BCUT2D eigenvalue weighted by atomic mass is 10.2. The van der Waals surface area contributed by atoms with Gasteiger partial charge in [-0.3, -0.25) is 0 Å². The molecule has 4 nitrogen and oxygen atoms in total. The first-order valence-corrected chi connectivity index (χ1v) is 7.63. The summed E-state index contributed by atoms with van der Waals surface area (Å²) in [6.07, 6.45) is 4.46. The van der Waals surface area contributed by atoms with Crippen LogP contribution in [0.3, 0.4) is 0 Å². The molecule has 0 spiro atoms. The third-order valence-electron chi connectivity index (χ3n) is 3.59. The average Bonchev–Trinajstić information content (AvgIpc) is 3.14. The van der Waals surface area contributed by atoms with Crippen LogP contribution in [0, 0.1) is 6.61 Å². The number of aromatic nitrogens is 2. The number of aromatic amines is 1. The second-order valence-electron chi connectivity index (χ2n) is 5.05. The average molecular weight is 274 g/mol. The minimum Gasteiger partial charge on any atom is -0.371 e. The van der Waals surface area contributed by atoms with Gasteiger partial charge in [0.1, 0.15) is 6.61 Å². The number of benzene rings is 1. The van der Waals surface area contributed by atoms with Crippen molar-refractivity contribution >= 4 is 28.5 Å². The zero-order valence-electron chi connectivity index (χ0n) is 10.6. The van der Waals surface area contributed by atoms with Gasteiger partial charge in [-0.2, -0.15) is 0 Å². The van der Waals surface area contributed by atoms with E-state index in [9.17, 15) is 0 Å². The Morgan fingerprint density at radius 2 is 2.32 bits per heavy atom. The minimum absolute atomic E-state index is 0.425. The highest BCUT2D eigenvalue weighted by Gasteiger charge is 2.31. The number of nitrogens with one attached hydrogen (secondary N) is 1. The maximum Gasteiger partial charge on any atom is 0.103 e. The Labute approximate surface area is 116 Å². The molecule has 2 aromatic rings. The van der Waals surface area contributed by atoms with Crippen molar-refractivity contribution in [2.45, 2.75) is 23.5 Å². The maximum atomic E-state index is 5.53. The number of hydrogen-bond acceptors (Lipinski definition) is 4. The highest BCUT2D eigenvalue weighted by atomic mass is 32.2. The van der Waals surface area contributed by atoms with Crippen LogP contribution < -0.4 is 4.90 Å². The summed E-state index contributed by atoms with van der Waals surface area (Å²) < 4.78 is 5.53. The van der Waals surface area contributed by atoms with Crippen LogP contribution in [0.15, 0.2) is 24.5 Å². The summed E-state index contributed by atoms with van der Waals surface area (Å²) in [6, 6.07) is 6.43. The van der Waals surface area contributed by atoms with Gasteiger partial charge in [0.15, 0.2) is 0 Å². The number of ether oxygens (including phenoxy) is 1. The second-order valence-corrected chi connectivity index (χ2v) is 6.53. The third-order valence-corrected chi connectivity index (χ3v) is 5.15. The number of H-pyrrole nitrogens is 1. The molecule has 1 unspecified atom stereocenters. The van der Waals surface area contributed by atoms with Crippen LogP contribution in [0.1, 0.15) is 12.8 Å². The fourth-order valence-electron chi connectivity index (χ4n) is 2.40. The Hall–Kier alpha value is -1.20. The zero-order chi connectivity index (χ0) is 12.7. The van der Waals surface area contributed by atoms with Crippen LogP contribution in [-0.2, 0) is 4.74 Å². The largest absolute Gasteiger partial charge is 0.371 e. The lowest BCUT2D eigenvalue weighted by Gasteiger charge is -2.36.